The first kappa shape index (κ1) is 13.0. The minimum absolute atomic E-state index is 0.0596. The number of aromatic nitrogens is 1. The van der Waals surface area contributed by atoms with E-state index in [1.165, 1.54) is 12.1 Å². The number of rotatable bonds is 3. The maximum atomic E-state index is 12.8. The third kappa shape index (κ3) is 2.85. The van der Waals surface area contributed by atoms with E-state index in [2.05, 4.69) is 4.98 Å². The Kier molecular flexibility index (Phi) is 3.91. The van der Waals surface area contributed by atoms with Crippen LogP contribution in [0.4, 0.5) is 4.39 Å². The summed E-state index contributed by atoms with van der Waals surface area (Å²) >= 11 is 0. The lowest BCUT2D eigenvalue weighted by molar-refractivity contribution is 0.0676. The molecule has 0 aliphatic carbocycles. The third-order valence-electron chi connectivity index (χ3n) is 3.20. The summed E-state index contributed by atoms with van der Waals surface area (Å²) in [6.07, 6.45) is 3.03. The Morgan fingerprint density at radius 2 is 2.44 bits per heavy atom. The van der Waals surface area contributed by atoms with Gasteiger partial charge < -0.3 is 10.0 Å². The van der Waals surface area contributed by atoms with E-state index in [4.69, 9.17) is 0 Å². The highest BCUT2D eigenvalue weighted by molar-refractivity contribution is 5.92. The average Bonchev–Trinajstić information content (AvgIpc) is 2.76. The minimum atomic E-state index is -0.450. The van der Waals surface area contributed by atoms with Crippen molar-refractivity contribution < 1.29 is 14.3 Å². The normalized spacial score (nSPS) is 21.1. The quantitative estimate of drug-likeness (QED) is 0.889. The maximum absolute atomic E-state index is 12.8. The van der Waals surface area contributed by atoms with Gasteiger partial charge in [-0.25, -0.2) is 9.37 Å². The topological polar surface area (TPSA) is 53.4 Å². The molecule has 2 heterocycles. The van der Waals surface area contributed by atoms with Crippen LogP contribution in [0, 0.1) is 5.82 Å². The van der Waals surface area contributed by atoms with Crippen molar-refractivity contribution >= 4 is 5.91 Å². The Morgan fingerprint density at radius 1 is 1.67 bits per heavy atom. The molecule has 1 aliphatic heterocycles. The van der Waals surface area contributed by atoms with E-state index in [0.717, 1.165) is 19.0 Å². The summed E-state index contributed by atoms with van der Waals surface area (Å²) in [4.78, 5) is 17.7. The van der Waals surface area contributed by atoms with Gasteiger partial charge >= 0.3 is 0 Å². The van der Waals surface area contributed by atoms with Crippen molar-refractivity contribution in [1.29, 1.82) is 0 Å². The van der Waals surface area contributed by atoms with Crippen LogP contribution in [0.15, 0.2) is 18.3 Å². The van der Waals surface area contributed by atoms with Gasteiger partial charge in [-0.2, -0.15) is 0 Å². The summed E-state index contributed by atoms with van der Waals surface area (Å²) in [7, 11) is 0. The van der Waals surface area contributed by atoms with E-state index >= 15 is 0 Å². The van der Waals surface area contributed by atoms with Crippen LogP contribution < -0.4 is 0 Å². The molecule has 1 aromatic rings. The summed E-state index contributed by atoms with van der Waals surface area (Å²) in [5.74, 6) is -0.633. The number of aliphatic hydroxyl groups is 1. The molecular weight excluding hydrogens is 235 g/mol. The second-order valence-electron chi connectivity index (χ2n) is 4.74. The molecule has 1 aromatic heterocycles. The van der Waals surface area contributed by atoms with Gasteiger partial charge in [0.05, 0.1) is 12.3 Å². The molecule has 5 heteroatoms. The van der Waals surface area contributed by atoms with Gasteiger partial charge in [-0.3, -0.25) is 4.79 Å². The van der Waals surface area contributed by atoms with Gasteiger partial charge in [0.25, 0.3) is 5.91 Å². The van der Waals surface area contributed by atoms with Gasteiger partial charge in [0.2, 0.25) is 0 Å². The SMILES string of the molecule is CC(O)CC1CCCN1C(=O)c1ccc(F)cn1. The first-order valence-corrected chi connectivity index (χ1v) is 6.18. The van der Waals surface area contributed by atoms with Gasteiger partial charge in [-0.1, -0.05) is 0 Å². The minimum Gasteiger partial charge on any atom is -0.393 e. The number of likely N-dealkylation sites (tertiary alicyclic amines) is 1. The van der Waals surface area contributed by atoms with Crippen LogP contribution in [0.25, 0.3) is 0 Å². The van der Waals surface area contributed by atoms with E-state index < -0.39 is 11.9 Å². The molecule has 1 aliphatic rings. The zero-order chi connectivity index (χ0) is 13.1. The number of nitrogens with zero attached hydrogens (tertiary/aromatic N) is 2. The van der Waals surface area contributed by atoms with Crippen LogP contribution in [0.2, 0.25) is 0 Å². The first-order chi connectivity index (χ1) is 8.58. The second-order valence-corrected chi connectivity index (χ2v) is 4.74. The number of halogens is 1. The Balaban J connectivity index is 2.10. The van der Waals surface area contributed by atoms with E-state index in [1.54, 1.807) is 11.8 Å². The average molecular weight is 252 g/mol. The fourth-order valence-corrected chi connectivity index (χ4v) is 2.39. The zero-order valence-electron chi connectivity index (χ0n) is 10.3. The number of hydrogen-bond acceptors (Lipinski definition) is 3. The molecular formula is C13H17FN2O2. The Hall–Kier alpha value is -1.49. The molecule has 1 fully saturated rings. The Labute approximate surface area is 105 Å². The lowest BCUT2D eigenvalue weighted by Crippen LogP contribution is -2.37. The number of hydrogen-bond donors (Lipinski definition) is 1. The van der Waals surface area contributed by atoms with Crippen molar-refractivity contribution in [2.45, 2.75) is 38.3 Å². The van der Waals surface area contributed by atoms with Gasteiger partial charge in [-0.15, -0.1) is 0 Å². The van der Waals surface area contributed by atoms with Crippen LogP contribution in [0.5, 0.6) is 0 Å². The lowest BCUT2D eigenvalue weighted by Gasteiger charge is -2.25. The maximum Gasteiger partial charge on any atom is 0.272 e. The van der Waals surface area contributed by atoms with E-state index in [-0.39, 0.29) is 17.6 Å². The molecule has 98 valence electrons. The molecule has 18 heavy (non-hydrogen) atoms. The summed E-state index contributed by atoms with van der Waals surface area (Å²) in [5, 5.41) is 9.42. The molecule has 0 bridgehead atoms. The molecule has 0 spiro atoms. The molecule has 2 unspecified atom stereocenters. The summed E-state index contributed by atoms with van der Waals surface area (Å²) in [6, 6.07) is 2.69. The summed E-state index contributed by atoms with van der Waals surface area (Å²) in [6.45, 7) is 2.40. The van der Waals surface area contributed by atoms with Crippen LogP contribution in [0.3, 0.4) is 0 Å². The predicted molar refractivity (Wildman–Crippen MR) is 64.6 cm³/mol. The molecule has 1 saturated heterocycles. The zero-order valence-corrected chi connectivity index (χ0v) is 10.3. The van der Waals surface area contributed by atoms with Crippen molar-refractivity contribution in [3.63, 3.8) is 0 Å². The predicted octanol–water partition coefficient (Wildman–Crippen LogP) is 1.60. The van der Waals surface area contributed by atoms with Crippen molar-refractivity contribution in [3.8, 4) is 0 Å². The molecule has 0 aromatic carbocycles. The molecule has 2 atom stereocenters. The number of pyridine rings is 1. The molecule has 0 saturated carbocycles. The second kappa shape index (κ2) is 5.44. The summed E-state index contributed by atoms with van der Waals surface area (Å²) < 4.78 is 12.8. The Morgan fingerprint density at radius 3 is 3.06 bits per heavy atom. The number of aliphatic hydroxyl groups excluding tert-OH is 1. The summed E-state index contributed by atoms with van der Waals surface area (Å²) in [5.41, 5.74) is 0.258. The van der Waals surface area contributed by atoms with Gasteiger partial charge in [-0.05, 0) is 38.3 Å². The van der Waals surface area contributed by atoms with Gasteiger partial charge in [0.15, 0.2) is 0 Å². The fraction of sp³-hybridized carbons (Fsp3) is 0.538. The number of carbonyl (C=O) groups excluding carboxylic acids is 1. The first-order valence-electron chi connectivity index (χ1n) is 6.18. The van der Waals surface area contributed by atoms with E-state index in [9.17, 15) is 14.3 Å². The van der Waals surface area contributed by atoms with Crippen LogP contribution in [-0.4, -0.2) is 39.6 Å². The largest absolute Gasteiger partial charge is 0.393 e. The van der Waals surface area contributed by atoms with Crippen molar-refractivity contribution in [1.82, 2.24) is 9.88 Å². The van der Waals surface area contributed by atoms with E-state index in [0.29, 0.717) is 13.0 Å². The molecule has 1 amide bonds. The molecule has 1 N–H and O–H groups in total. The molecule has 2 rings (SSSR count). The van der Waals surface area contributed by atoms with Gasteiger partial charge in [0.1, 0.15) is 11.5 Å². The van der Waals surface area contributed by atoms with Crippen molar-refractivity contribution in [2.75, 3.05) is 6.54 Å². The molecule has 0 radical (unpaired) electrons. The Bertz CT molecular complexity index is 420. The number of carbonyl (C=O) groups is 1. The molecule has 4 nitrogen and oxygen atoms in total. The van der Waals surface area contributed by atoms with Crippen molar-refractivity contribution in [2.24, 2.45) is 0 Å². The highest BCUT2D eigenvalue weighted by Gasteiger charge is 2.30. The van der Waals surface area contributed by atoms with Crippen LogP contribution >= 0.6 is 0 Å². The smallest absolute Gasteiger partial charge is 0.272 e. The third-order valence-corrected chi connectivity index (χ3v) is 3.20. The highest BCUT2D eigenvalue weighted by Crippen LogP contribution is 2.23. The fourth-order valence-electron chi connectivity index (χ4n) is 2.39. The highest BCUT2D eigenvalue weighted by atomic mass is 19.1. The van der Waals surface area contributed by atoms with Crippen LogP contribution in [-0.2, 0) is 0 Å². The standard InChI is InChI=1S/C13H17FN2O2/c1-9(17)7-11-3-2-6-16(11)13(18)12-5-4-10(14)8-15-12/h4-5,8-9,11,17H,2-3,6-7H2,1H3. The monoisotopic (exact) mass is 252 g/mol. The van der Waals surface area contributed by atoms with E-state index in [1.807, 2.05) is 0 Å². The number of amides is 1. The van der Waals surface area contributed by atoms with Crippen molar-refractivity contribution in [3.05, 3.63) is 29.8 Å². The van der Waals surface area contributed by atoms with Gasteiger partial charge in [0, 0.05) is 12.6 Å². The van der Waals surface area contributed by atoms with Crippen LogP contribution in [0.1, 0.15) is 36.7 Å². The lowest BCUT2D eigenvalue weighted by atomic mass is 10.1.